The number of ether oxygens (including phenoxy) is 2. The van der Waals surface area contributed by atoms with Gasteiger partial charge in [0.25, 0.3) is 11.7 Å². The minimum atomic E-state index is -0.867. The van der Waals surface area contributed by atoms with Crippen molar-refractivity contribution in [2.24, 2.45) is 0 Å². The Morgan fingerprint density at radius 3 is 2.41 bits per heavy atom. The van der Waals surface area contributed by atoms with Crippen LogP contribution in [0.2, 0.25) is 0 Å². The molecular formula is C29H26N2O6. The number of hydrogen-bond donors (Lipinski definition) is 3. The van der Waals surface area contributed by atoms with E-state index in [0.717, 1.165) is 16.5 Å². The van der Waals surface area contributed by atoms with Gasteiger partial charge in [-0.05, 0) is 72.1 Å². The standard InChI is InChI=1S/C29H26N2O6/c1-36-21-8-6-17(7-9-21)27(33)25-26(18-4-3-5-20(32)14-18)31(29(35)28(25)34)13-12-19-16-30-24-11-10-22(37-2)15-23(19)24/h3-11,14-16,26,30,32-33H,12-13H2,1-2H3/t26-/m0/s1. The van der Waals surface area contributed by atoms with E-state index in [0.29, 0.717) is 29.0 Å². The van der Waals surface area contributed by atoms with Crippen molar-refractivity contribution in [1.82, 2.24) is 9.88 Å². The molecule has 0 radical (unpaired) electrons. The molecule has 0 aliphatic carbocycles. The molecule has 1 aliphatic heterocycles. The fourth-order valence-electron chi connectivity index (χ4n) is 4.79. The van der Waals surface area contributed by atoms with E-state index in [1.165, 1.54) is 24.1 Å². The summed E-state index contributed by atoms with van der Waals surface area (Å²) in [6.07, 6.45) is 2.33. The van der Waals surface area contributed by atoms with Gasteiger partial charge in [0.1, 0.15) is 23.0 Å². The lowest BCUT2D eigenvalue weighted by molar-refractivity contribution is -0.139. The molecule has 0 saturated carbocycles. The summed E-state index contributed by atoms with van der Waals surface area (Å²) in [5.41, 5.74) is 2.77. The number of benzene rings is 3. The van der Waals surface area contributed by atoms with Crippen LogP contribution >= 0.6 is 0 Å². The number of aromatic hydroxyl groups is 1. The molecule has 2 heterocycles. The average molecular weight is 499 g/mol. The van der Waals surface area contributed by atoms with E-state index >= 15 is 0 Å². The summed E-state index contributed by atoms with van der Waals surface area (Å²) in [7, 11) is 3.14. The van der Waals surface area contributed by atoms with E-state index in [9.17, 15) is 19.8 Å². The third-order valence-electron chi connectivity index (χ3n) is 6.69. The minimum absolute atomic E-state index is 0.00346. The number of aromatic nitrogens is 1. The molecule has 8 nitrogen and oxygen atoms in total. The van der Waals surface area contributed by atoms with Gasteiger partial charge >= 0.3 is 0 Å². The highest BCUT2D eigenvalue weighted by atomic mass is 16.5. The first-order valence-electron chi connectivity index (χ1n) is 11.8. The van der Waals surface area contributed by atoms with E-state index in [1.54, 1.807) is 43.5 Å². The van der Waals surface area contributed by atoms with Crippen molar-refractivity contribution in [2.45, 2.75) is 12.5 Å². The Hall–Kier alpha value is -4.72. The van der Waals surface area contributed by atoms with Crippen LogP contribution in [-0.2, 0) is 16.0 Å². The van der Waals surface area contributed by atoms with Crippen molar-refractivity contribution < 1.29 is 29.3 Å². The van der Waals surface area contributed by atoms with Gasteiger partial charge in [-0.15, -0.1) is 0 Å². The molecule has 3 aromatic carbocycles. The number of phenols is 1. The Bertz CT molecular complexity index is 1520. The number of fused-ring (bicyclic) bond motifs is 1. The summed E-state index contributed by atoms with van der Waals surface area (Å²) in [5.74, 6) is -0.460. The number of amides is 1. The van der Waals surface area contributed by atoms with Crippen molar-refractivity contribution in [2.75, 3.05) is 20.8 Å². The Balaban J connectivity index is 1.55. The zero-order valence-corrected chi connectivity index (χ0v) is 20.4. The lowest BCUT2D eigenvalue weighted by atomic mass is 9.95. The van der Waals surface area contributed by atoms with E-state index in [4.69, 9.17) is 9.47 Å². The molecule has 8 heteroatoms. The Labute approximate surface area is 213 Å². The number of aliphatic hydroxyl groups is 1. The highest BCUT2D eigenvalue weighted by Crippen LogP contribution is 2.40. The number of nitrogens with one attached hydrogen (secondary N) is 1. The lowest BCUT2D eigenvalue weighted by Crippen LogP contribution is -2.31. The molecule has 5 rings (SSSR count). The SMILES string of the molecule is COc1ccc(C(O)=C2C(=O)C(=O)N(CCc3c[nH]c4ccc(OC)cc34)[C@H]2c2cccc(O)c2)cc1. The Kier molecular flexibility index (Phi) is 6.31. The van der Waals surface area contributed by atoms with Gasteiger partial charge in [0, 0.05) is 29.2 Å². The molecule has 1 saturated heterocycles. The molecule has 0 spiro atoms. The molecule has 4 aromatic rings. The molecule has 3 N–H and O–H groups in total. The number of ketones is 1. The molecule has 0 unspecified atom stereocenters. The molecule has 1 amide bonds. The number of carbonyl (C=O) groups excluding carboxylic acids is 2. The lowest BCUT2D eigenvalue weighted by Gasteiger charge is -2.25. The maximum Gasteiger partial charge on any atom is 0.295 e. The second-order valence-corrected chi connectivity index (χ2v) is 8.79. The van der Waals surface area contributed by atoms with Gasteiger partial charge < -0.3 is 29.6 Å². The molecule has 1 fully saturated rings. The molecule has 37 heavy (non-hydrogen) atoms. The van der Waals surface area contributed by atoms with Crippen LogP contribution in [0.25, 0.3) is 16.7 Å². The maximum atomic E-state index is 13.3. The minimum Gasteiger partial charge on any atom is -0.508 e. The zero-order valence-electron chi connectivity index (χ0n) is 20.4. The second-order valence-electron chi connectivity index (χ2n) is 8.79. The van der Waals surface area contributed by atoms with E-state index < -0.39 is 17.7 Å². The van der Waals surface area contributed by atoms with Crippen LogP contribution in [0, 0.1) is 0 Å². The second kappa shape index (κ2) is 9.73. The van der Waals surface area contributed by atoms with Gasteiger partial charge in [-0.3, -0.25) is 9.59 Å². The predicted molar refractivity (Wildman–Crippen MR) is 139 cm³/mol. The summed E-state index contributed by atoms with van der Waals surface area (Å²) < 4.78 is 10.5. The number of H-pyrrole nitrogens is 1. The zero-order chi connectivity index (χ0) is 26.1. The van der Waals surface area contributed by atoms with Crippen molar-refractivity contribution in [3.8, 4) is 17.2 Å². The van der Waals surface area contributed by atoms with Crippen molar-refractivity contribution in [3.05, 3.63) is 95.2 Å². The van der Waals surface area contributed by atoms with Gasteiger partial charge in [-0.1, -0.05) is 12.1 Å². The van der Waals surface area contributed by atoms with Gasteiger partial charge in [0.2, 0.25) is 0 Å². The average Bonchev–Trinajstić information content (AvgIpc) is 3.44. The first-order valence-corrected chi connectivity index (χ1v) is 11.8. The fourth-order valence-corrected chi connectivity index (χ4v) is 4.79. The van der Waals surface area contributed by atoms with Crippen molar-refractivity contribution in [1.29, 1.82) is 0 Å². The number of likely N-dealkylation sites (tertiary alicyclic amines) is 1. The van der Waals surface area contributed by atoms with Crippen LogP contribution < -0.4 is 9.47 Å². The van der Waals surface area contributed by atoms with Crippen LogP contribution in [0.5, 0.6) is 17.2 Å². The van der Waals surface area contributed by atoms with Crippen LogP contribution in [0.1, 0.15) is 22.7 Å². The number of Topliss-reactive ketones (excluding diaryl/α,β-unsaturated/α-hetero) is 1. The smallest absolute Gasteiger partial charge is 0.295 e. The van der Waals surface area contributed by atoms with E-state index in [-0.39, 0.29) is 23.6 Å². The van der Waals surface area contributed by atoms with Crippen molar-refractivity contribution >= 4 is 28.4 Å². The third-order valence-corrected chi connectivity index (χ3v) is 6.69. The van der Waals surface area contributed by atoms with Gasteiger partial charge in [0.05, 0.1) is 25.8 Å². The third kappa shape index (κ3) is 4.38. The number of aromatic amines is 1. The summed E-state index contributed by atoms with van der Waals surface area (Å²) in [4.78, 5) is 31.2. The molecule has 1 atom stereocenters. The number of carbonyl (C=O) groups is 2. The number of rotatable bonds is 7. The molecular weight excluding hydrogens is 472 g/mol. The molecule has 188 valence electrons. The summed E-state index contributed by atoms with van der Waals surface area (Å²) in [5, 5.41) is 22.3. The number of nitrogens with zero attached hydrogens (tertiary/aromatic N) is 1. The highest BCUT2D eigenvalue weighted by Gasteiger charge is 2.46. The summed E-state index contributed by atoms with van der Waals surface area (Å²) in [6.45, 7) is 0.217. The number of aliphatic hydroxyl groups excluding tert-OH is 1. The number of phenolic OH excluding ortho intramolecular Hbond substituents is 1. The molecule has 1 aliphatic rings. The van der Waals surface area contributed by atoms with E-state index in [2.05, 4.69) is 4.98 Å². The van der Waals surface area contributed by atoms with Gasteiger partial charge in [-0.25, -0.2) is 0 Å². The largest absolute Gasteiger partial charge is 0.508 e. The Morgan fingerprint density at radius 2 is 1.70 bits per heavy atom. The van der Waals surface area contributed by atoms with Crippen LogP contribution in [-0.4, -0.2) is 52.6 Å². The summed E-state index contributed by atoms with van der Waals surface area (Å²) >= 11 is 0. The van der Waals surface area contributed by atoms with Gasteiger partial charge in [0.15, 0.2) is 0 Å². The number of hydrogen-bond acceptors (Lipinski definition) is 6. The topological polar surface area (TPSA) is 112 Å². The van der Waals surface area contributed by atoms with Gasteiger partial charge in [-0.2, -0.15) is 0 Å². The van der Waals surface area contributed by atoms with Crippen LogP contribution in [0.4, 0.5) is 0 Å². The first kappa shape index (κ1) is 24.0. The van der Waals surface area contributed by atoms with E-state index in [1.807, 2.05) is 24.4 Å². The molecule has 0 bridgehead atoms. The Morgan fingerprint density at radius 1 is 0.973 bits per heavy atom. The van der Waals surface area contributed by atoms with Crippen LogP contribution in [0.15, 0.2) is 78.5 Å². The number of methoxy groups -OCH3 is 2. The first-order chi connectivity index (χ1) is 17.9. The fraction of sp³-hybridized carbons (Fsp3) is 0.172. The normalized spacial score (nSPS) is 16.9. The van der Waals surface area contributed by atoms with Crippen molar-refractivity contribution in [3.63, 3.8) is 0 Å². The predicted octanol–water partition coefficient (Wildman–Crippen LogP) is 4.56. The summed E-state index contributed by atoms with van der Waals surface area (Å²) in [6, 6.07) is 17.8. The maximum absolute atomic E-state index is 13.3. The highest BCUT2D eigenvalue weighted by molar-refractivity contribution is 6.46. The monoisotopic (exact) mass is 498 g/mol. The molecule has 1 aromatic heterocycles. The van der Waals surface area contributed by atoms with Crippen LogP contribution in [0.3, 0.4) is 0 Å². The quantitative estimate of drug-likeness (QED) is 0.196.